The van der Waals surface area contributed by atoms with E-state index >= 15 is 0 Å². The maximum absolute atomic E-state index is 11.4. The molecule has 0 bridgehead atoms. The second-order valence-corrected chi connectivity index (χ2v) is 3.42. The molecule has 1 heterocycles. The Balaban J connectivity index is 2.60. The average molecular weight is 206 g/mol. The summed E-state index contributed by atoms with van der Waals surface area (Å²) in [6.07, 6.45) is -0.0652. The van der Waals surface area contributed by atoms with Crippen LogP contribution in [-0.2, 0) is 18.3 Å². The van der Waals surface area contributed by atoms with Crippen LogP contribution in [0.1, 0.15) is 5.56 Å². The number of nitrogens with one attached hydrogen (secondary N) is 1. The summed E-state index contributed by atoms with van der Waals surface area (Å²) in [6.45, 7) is 0. The van der Waals surface area contributed by atoms with Crippen LogP contribution in [0.3, 0.4) is 0 Å². The number of carboxylic acids is 1. The molecule has 0 radical (unpaired) electrons. The Morgan fingerprint density at radius 1 is 1.53 bits per heavy atom. The summed E-state index contributed by atoms with van der Waals surface area (Å²) < 4.78 is 1.61. The quantitative estimate of drug-likeness (QED) is 0.751. The number of hydrogen-bond acceptors (Lipinski definition) is 2. The number of fused-ring (bicyclic) bond motifs is 1. The highest BCUT2D eigenvalue weighted by molar-refractivity contribution is 5.80. The molecule has 0 saturated heterocycles. The van der Waals surface area contributed by atoms with Crippen LogP contribution in [0.2, 0.25) is 0 Å². The zero-order valence-electron chi connectivity index (χ0n) is 8.15. The maximum Gasteiger partial charge on any atom is 0.307 e. The highest BCUT2D eigenvalue weighted by atomic mass is 16.4. The minimum absolute atomic E-state index is 0.0652. The molecule has 78 valence electrons. The second kappa shape index (κ2) is 3.27. The number of benzene rings is 1. The summed E-state index contributed by atoms with van der Waals surface area (Å²) in [5.41, 5.74) is 1.21. The number of aryl methyl sites for hydroxylation is 1. The number of carbonyl (C=O) groups is 1. The monoisotopic (exact) mass is 206 g/mol. The molecule has 0 spiro atoms. The number of rotatable bonds is 2. The number of nitrogens with zero attached hydrogens (tertiary/aromatic N) is 1. The van der Waals surface area contributed by atoms with Gasteiger partial charge < -0.3 is 5.11 Å². The van der Waals surface area contributed by atoms with Crippen LogP contribution in [0, 0.1) is 0 Å². The van der Waals surface area contributed by atoms with Gasteiger partial charge in [0.05, 0.1) is 17.3 Å². The molecule has 0 aliphatic heterocycles. The van der Waals surface area contributed by atoms with E-state index in [4.69, 9.17) is 5.11 Å². The SMILES string of the molecule is Cn1[nH]c(=O)c2cc(CC(=O)O)ccc21. The molecule has 0 aliphatic rings. The molecule has 2 aromatic rings. The Morgan fingerprint density at radius 3 is 2.93 bits per heavy atom. The summed E-state index contributed by atoms with van der Waals surface area (Å²) in [4.78, 5) is 21.9. The Kier molecular flexibility index (Phi) is 2.07. The Hall–Kier alpha value is -2.04. The van der Waals surface area contributed by atoms with Gasteiger partial charge in [-0.2, -0.15) is 0 Å². The van der Waals surface area contributed by atoms with Crippen molar-refractivity contribution in [2.75, 3.05) is 0 Å². The lowest BCUT2D eigenvalue weighted by Gasteiger charge is -1.97. The highest BCUT2D eigenvalue weighted by Crippen LogP contribution is 2.11. The largest absolute Gasteiger partial charge is 0.481 e. The third-order valence-electron chi connectivity index (χ3n) is 2.29. The molecular weight excluding hydrogens is 196 g/mol. The zero-order valence-corrected chi connectivity index (χ0v) is 8.15. The molecule has 0 fully saturated rings. The molecule has 0 saturated carbocycles. The fourth-order valence-corrected chi connectivity index (χ4v) is 1.61. The topological polar surface area (TPSA) is 75.1 Å². The van der Waals surface area contributed by atoms with Gasteiger partial charge in [-0.1, -0.05) is 6.07 Å². The normalized spacial score (nSPS) is 10.7. The lowest BCUT2D eigenvalue weighted by Crippen LogP contribution is -2.02. The molecule has 5 heteroatoms. The van der Waals surface area contributed by atoms with Crippen molar-refractivity contribution in [2.24, 2.45) is 7.05 Å². The first-order valence-corrected chi connectivity index (χ1v) is 4.47. The van der Waals surface area contributed by atoms with E-state index in [2.05, 4.69) is 5.10 Å². The van der Waals surface area contributed by atoms with Crippen molar-refractivity contribution in [1.29, 1.82) is 0 Å². The summed E-state index contributed by atoms with van der Waals surface area (Å²) in [6, 6.07) is 5.07. The average Bonchev–Trinajstić information content (AvgIpc) is 2.41. The van der Waals surface area contributed by atoms with Crippen molar-refractivity contribution < 1.29 is 9.90 Å². The molecule has 5 nitrogen and oxygen atoms in total. The van der Waals surface area contributed by atoms with E-state index in [1.807, 2.05) is 0 Å². The van der Waals surface area contributed by atoms with E-state index < -0.39 is 5.97 Å². The lowest BCUT2D eigenvalue weighted by molar-refractivity contribution is -0.136. The van der Waals surface area contributed by atoms with Gasteiger partial charge in [-0.15, -0.1) is 0 Å². The molecule has 1 aromatic heterocycles. The van der Waals surface area contributed by atoms with Gasteiger partial charge in [0, 0.05) is 7.05 Å². The maximum atomic E-state index is 11.4. The van der Waals surface area contributed by atoms with E-state index in [9.17, 15) is 9.59 Å². The Bertz CT molecular complexity index is 580. The van der Waals surface area contributed by atoms with Gasteiger partial charge in [0.25, 0.3) is 5.56 Å². The van der Waals surface area contributed by atoms with E-state index in [-0.39, 0.29) is 12.0 Å². The van der Waals surface area contributed by atoms with Gasteiger partial charge in [-0.3, -0.25) is 19.4 Å². The smallest absolute Gasteiger partial charge is 0.307 e. The van der Waals surface area contributed by atoms with Crippen LogP contribution < -0.4 is 5.56 Å². The van der Waals surface area contributed by atoms with Gasteiger partial charge in [0.15, 0.2) is 0 Å². The molecule has 0 atom stereocenters. The zero-order chi connectivity index (χ0) is 11.0. The number of aromatic amines is 1. The van der Waals surface area contributed by atoms with Crippen LogP contribution in [-0.4, -0.2) is 20.9 Å². The molecular formula is C10H10N2O3. The Labute approximate surface area is 84.9 Å². The fraction of sp³-hybridized carbons (Fsp3) is 0.200. The van der Waals surface area contributed by atoms with Crippen molar-refractivity contribution >= 4 is 16.9 Å². The molecule has 1 aromatic carbocycles. The van der Waals surface area contributed by atoms with E-state index in [1.165, 1.54) is 0 Å². The van der Waals surface area contributed by atoms with Crippen LogP contribution in [0.5, 0.6) is 0 Å². The lowest BCUT2D eigenvalue weighted by atomic mass is 10.1. The summed E-state index contributed by atoms with van der Waals surface area (Å²) in [5, 5.41) is 11.8. The third kappa shape index (κ3) is 1.63. The molecule has 2 rings (SSSR count). The number of aliphatic carboxylic acids is 1. The van der Waals surface area contributed by atoms with E-state index in [1.54, 1.807) is 29.9 Å². The molecule has 2 N–H and O–H groups in total. The number of aromatic nitrogens is 2. The number of hydrogen-bond donors (Lipinski definition) is 2. The number of H-pyrrole nitrogens is 1. The standard InChI is InChI=1S/C10H10N2O3/c1-12-8-3-2-6(5-9(13)14)4-7(8)10(15)11-12/h2-4H,5H2,1H3,(H,11,15)(H,13,14). The second-order valence-electron chi connectivity index (χ2n) is 3.42. The van der Waals surface area contributed by atoms with Crippen molar-refractivity contribution in [2.45, 2.75) is 6.42 Å². The Morgan fingerprint density at radius 2 is 2.27 bits per heavy atom. The van der Waals surface area contributed by atoms with Gasteiger partial charge >= 0.3 is 5.97 Å². The minimum Gasteiger partial charge on any atom is -0.481 e. The predicted octanol–water partition coefficient (Wildman–Crippen LogP) is 0.494. The molecule has 0 unspecified atom stereocenters. The highest BCUT2D eigenvalue weighted by Gasteiger charge is 2.06. The van der Waals surface area contributed by atoms with E-state index in [0.717, 1.165) is 5.52 Å². The van der Waals surface area contributed by atoms with Gasteiger partial charge in [0.2, 0.25) is 0 Å². The predicted molar refractivity (Wildman–Crippen MR) is 54.9 cm³/mol. The first-order valence-electron chi connectivity index (χ1n) is 4.47. The first-order chi connectivity index (χ1) is 7.08. The van der Waals surface area contributed by atoms with Gasteiger partial charge in [-0.25, -0.2) is 0 Å². The molecule has 0 amide bonds. The van der Waals surface area contributed by atoms with Gasteiger partial charge in [-0.05, 0) is 17.7 Å². The van der Waals surface area contributed by atoms with Crippen LogP contribution in [0.25, 0.3) is 10.9 Å². The molecule has 0 aliphatic carbocycles. The third-order valence-corrected chi connectivity index (χ3v) is 2.29. The van der Waals surface area contributed by atoms with Crippen LogP contribution in [0.15, 0.2) is 23.0 Å². The van der Waals surface area contributed by atoms with Crippen LogP contribution >= 0.6 is 0 Å². The minimum atomic E-state index is -0.901. The first kappa shape index (κ1) is 9.51. The number of carboxylic acid groups (broad SMARTS) is 1. The summed E-state index contributed by atoms with van der Waals surface area (Å²) in [7, 11) is 1.74. The van der Waals surface area contributed by atoms with Crippen molar-refractivity contribution in [1.82, 2.24) is 9.78 Å². The van der Waals surface area contributed by atoms with Crippen LogP contribution in [0.4, 0.5) is 0 Å². The van der Waals surface area contributed by atoms with Crippen molar-refractivity contribution in [3.8, 4) is 0 Å². The van der Waals surface area contributed by atoms with E-state index in [0.29, 0.717) is 10.9 Å². The summed E-state index contributed by atoms with van der Waals surface area (Å²) in [5.74, 6) is -0.901. The fourth-order valence-electron chi connectivity index (χ4n) is 1.61. The summed E-state index contributed by atoms with van der Waals surface area (Å²) >= 11 is 0. The van der Waals surface area contributed by atoms with Gasteiger partial charge in [0.1, 0.15) is 0 Å². The van der Waals surface area contributed by atoms with Crippen molar-refractivity contribution in [3.63, 3.8) is 0 Å². The molecule has 15 heavy (non-hydrogen) atoms. The van der Waals surface area contributed by atoms with Crippen molar-refractivity contribution in [3.05, 3.63) is 34.1 Å².